The Morgan fingerprint density at radius 3 is 2.79 bits per heavy atom. The van der Waals surface area contributed by atoms with Crippen LogP contribution >= 0.6 is 11.6 Å². The molecule has 106 valence electrons. The molecule has 1 aromatic rings. The normalized spacial score (nSPS) is 20.7. The first-order valence-electron chi connectivity index (χ1n) is 6.27. The second-order valence-electron chi connectivity index (χ2n) is 4.67. The van der Waals surface area contributed by atoms with E-state index in [1.807, 2.05) is 4.90 Å². The summed E-state index contributed by atoms with van der Waals surface area (Å²) in [5.74, 6) is 0. The Morgan fingerprint density at radius 1 is 1.42 bits per heavy atom. The predicted molar refractivity (Wildman–Crippen MR) is 70.7 cm³/mol. The van der Waals surface area contributed by atoms with E-state index in [4.69, 9.17) is 11.6 Å². The zero-order chi connectivity index (χ0) is 14.0. The molecule has 1 aliphatic heterocycles. The van der Waals surface area contributed by atoms with Crippen LogP contribution in [0.2, 0.25) is 5.02 Å². The van der Waals surface area contributed by atoms with Gasteiger partial charge in [-0.15, -0.1) is 0 Å². The Bertz CT molecular complexity index is 448. The molecule has 0 saturated carbocycles. The molecule has 19 heavy (non-hydrogen) atoms. The number of hydrogen-bond acceptors (Lipinski definition) is 2. The van der Waals surface area contributed by atoms with Gasteiger partial charge >= 0.3 is 6.18 Å². The van der Waals surface area contributed by atoms with Crippen molar-refractivity contribution in [2.24, 2.45) is 0 Å². The van der Waals surface area contributed by atoms with Crippen LogP contribution in [0.3, 0.4) is 0 Å². The van der Waals surface area contributed by atoms with Crippen LogP contribution in [0.4, 0.5) is 18.9 Å². The van der Waals surface area contributed by atoms with Gasteiger partial charge in [0.2, 0.25) is 0 Å². The third-order valence-electron chi connectivity index (χ3n) is 3.37. The lowest BCUT2D eigenvalue weighted by atomic mass is 10.1. The molecule has 1 N–H and O–H groups in total. The number of anilines is 1. The predicted octanol–water partition coefficient (Wildman–Crippen LogP) is 3.55. The van der Waals surface area contributed by atoms with Gasteiger partial charge in [0.15, 0.2) is 0 Å². The van der Waals surface area contributed by atoms with Crippen molar-refractivity contribution in [2.75, 3.05) is 24.5 Å². The Kier molecular flexibility index (Phi) is 4.26. The van der Waals surface area contributed by atoms with Crippen molar-refractivity contribution in [3.63, 3.8) is 0 Å². The van der Waals surface area contributed by atoms with Crippen molar-refractivity contribution in [3.05, 3.63) is 28.8 Å². The first kappa shape index (κ1) is 14.5. The molecule has 0 aliphatic carbocycles. The molecule has 1 heterocycles. The summed E-state index contributed by atoms with van der Waals surface area (Å²) in [7, 11) is 0. The van der Waals surface area contributed by atoms with Crippen LogP contribution in [0.25, 0.3) is 0 Å². The molecule has 0 amide bonds. The molecule has 1 aromatic carbocycles. The fraction of sp³-hybridized carbons (Fsp3) is 0.538. The molecule has 2 nitrogen and oxygen atoms in total. The highest BCUT2D eigenvalue weighted by Crippen LogP contribution is 2.37. The molecule has 0 spiro atoms. The molecule has 0 bridgehead atoms. The summed E-state index contributed by atoms with van der Waals surface area (Å²) in [5, 5.41) is 3.08. The molecule has 1 fully saturated rings. The zero-order valence-corrected chi connectivity index (χ0v) is 11.4. The third kappa shape index (κ3) is 3.34. The number of alkyl halides is 3. The van der Waals surface area contributed by atoms with Gasteiger partial charge in [0, 0.05) is 31.4 Å². The first-order chi connectivity index (χ1) is 8.91. The van der Waals surface area contributed by atoms with Gasteiger partial charge in [-0.25, -0.2) is 0 Å². The second kappa shape index (κ2) is 5.59. The summed E-state index contributed by atoms with van der Waals surface area (Å²) < 4.78 is 38.5. The lowest BCUT2D eigenvalue weighted by molar-refractivity contribution is -0.137. The van der Waals surface area contributed by atoms with E-state index in [1.54, 1.807) is 6.07 Å². The monoisotopic (exact) mass is 292 g/mol. The summed E-state index contributed by atoms with van der Waals surface area (Å²) in [4.78, 5) is 1.97. The molecule has 1 saturated heterocycles. The standard InChI is InChI=1S/C13H16ClF3N2/c1-2-9-8-19(6-5-18-9)10-3-4-12(14)11(7-10)13(15,16)17/h3-4,7,9,18H,2,5-6,8H2,1H3. The minimum absolute atomic E-state index is 0.251. The zero-order valence-electron chi connectivity index (χ0n) is 10.6. The maximum absolute atomic E-state index is 12.8. The van der Waals surface area contributed by atoms with E-state index in [0.717, 1.165) is 25.6 Å². The van der Waals surface area contributed by atoms with Crippen molar-refractivity contribution in [2.45, 2.75) is 25.6 Å². The summed E-state index contributed by atoms with van der Waals surface area (Å²) in [6.45, 7) is 4.26. The van der Waals surface area contributed by atoms with Gasteiger partial charge in [0.05, 0.1) is 10.6 Å². The largest absolute Gasteiger partial charge is 0.417 e. The van der Waals surface area contributed by atoms with E-state index < -0.39 is 11.7 Å². The van der Waals surface area contributed by atoms with Gasteiger partial charge in [-0.2, -0.15) is 13.2 Å². The van der Waals surface area contributed by atoms with Crippen LogP contribution < -0.4 is 10.2 Å². The van der Waals surface area contributed by atoms with Crippen molar-refractivity contribution in [1.29, 1.82) is 0 Å². The number of nitrogens with zero attached hydrogens (tertiary/aromatic N) is 1. The summed E-state index contributed by atoms with van der Waals surface area (Å²) in [6.07, 6.45) is -3.46. The highest BCUT2D eigenvalue weighted by Gasteiger charge is 2.34. The number of benzene rings is 1. The number of rotatable bonds is 2. The average Bonchev–Trinajstić information content (AvgIpc) is 2.38. The van der Waals surface area contributed by atoms with Crippen molar-refractivity contribution in [1.82, 2.24) is 5.32 Å². The quantitative estimate of drug-likeness (QED) is 0.897. The van der Waals surface area contributed by atoms with Crippen LogP contribution in [0, 0.1) is 0 Å². The fourth-order valence-corrected chi connectivity index (χ4v) is 2.49. The topological polar surface area (TPSA) is 15.3 Å². The van der Waals surface area contributed by atoms with Gasteiger partial charge < -0.3 is 10.2 Å². The number of nitrogens with one attached hydrogen (secondary N) is 1. The van der Waals surface area contributed by atoms with E-state index in [1.165, 1.54) is 6.07 Å². The number of hydrogen-bond donors (Lipinski definition) is 1. The molecule has 2 rings (SSSR count). The Labute approximate surface area is 115 Å². The van der Waals surface area contributed by atoms with Crippen LogP contribution in [0.5, 0.6) is 0 Å². The maximum Gasteiger partial charge on any atom is 0.417 e. The molecular weight excluding hydrogens is 277 g/mol. The van der Waals surface area contributed by atoms with Gasteiger partial charge in [-0.1, -0.05) is 18.5 Å². The maximum atomic E-state index is 12.8. The van der Waals surface area contributed by atoms with Gasteiger partial charge in [0.25, 0.3) is 0 Å². The second-order valence-corrected chi connectivity index (χ2v) is 5.07. The Morgan fingerprint density at radius 2 is 2.16 bits per heavy atom. The smallest absolute Gasteiger partial charge is 0.369 e. The highest BCUT2D eigenvalue weighted by molar-refractivity contribution is 6.31. The highest BCUT2D eigenvalue weighted by atomic mass is 35.5. The molecule has 1 unspecified atom stereocenters. The van der Waals surface area contributed by atoms with Crippen molar-refractivity contribution < 1.29 is 13.2 Å². The van der Waals surface area contributed by atoms with Crippen LogP contribution in [-0.2, 0) is 6.18 Å². The molecule has 0 radical (unpaired) electrons. The average molecular weight is 293 g/mol. The van der Waals surface area contributed by atoms with Crippen LogP contribution in [0.1, 0.15) is 18.9 Å². The van der Waals surface area contributed by atoms with Crippen molar-refractivity contribution >= 4 is 17.3 Å². The molecule has 1 atom stereocenters. The van der Waals surface area contributed by atoms with Gasteiger partial charge in [0.1, 0.15) is 0 Å². The molecule has 6 heteroatoms. The van der Waals surface area contributed by atoms with E-state index in [9.17, 15) is 13.2 Å². The summed E-state index contributed by atoms with van der Waals surface area (Å²) in [5.41, 5.74) is -0.185. The third-order valence-corrected chi connectivity index (χ3v) is 3.70. The van der Waals surface area contributed by atoms with Crippen molar-refractivity contribution in [3.8, 4) is 0 Å². The van der Waals surface area contributed by atoms with E-state index in [-0.39, 0.29) is 5.02 Å². The lowest BCUT2D eigenvalue weighted by Gasteiger charge is -2.35. The Balaban J connectivity index is 2.25. The fourth-order valence-electron chi connectivity index (χ4n) is 2.26. The lowest BCUT2D eigenvalue weighted by Crippen LogP contribution is -2.50. The number of piperazine rings is 1. The van der Waals surface area contributed by atoms with Crippen LogP contribution in [0.15, 0.2) is 18.2 Å². The Hall–Kier alpha value is -0.940. The van der Waals surface area contributed by atoms with Gasteiger partial charge in [-0.05, 0) is 24.6 Å². The summed E-state index contributed by atoms with van der Waals surface area (Å²) >= 11 is 5.62. The molecule has 0 aromatic heterocycles. The van der Waals surface area contributed by atoms with Crippen LogP contribution in [-0.4, -0.2) is 25.7 Å². The first-order valence-corrected chi connectivity index (χ1v) is 6.64. The van der Waals surface area contributed by atoms with E-state index in [2.05, 4.69) is 12.2 Å². The number of halogens is 4. The SMILES string of the molecule is CCC1CN(c2ccc(Cl)c(C(F)(F)F)c2)CCN1. The van der Waals surface area contributed by atoms with Gasteiger partial charge in [-0.3, -0.25) is 0 Å². The van der Waals surface area contributed by atoms with E-state index in [0.29, 0.717) is 18.3 Å². The minimum Gasteiger partial charge on any atom is -0.369 e. The molecular formula is C13H16ClF3N2. The minimum atomic E-state index is -4.41. The summed E-state index contributed by atoms with van der Waals surface area (Å²) in [6, 6.07) is 4.43. The van der Waals surface area contributed by atoms with E-state index >= 15 is 0 Å². The molecule has 1 aliphatic rings.